The lowest BCUT2D eigenvalue weighted by Crippen LogP contribution is -2.07. The maximum Gasteiger partial charge on any atom is 0.379 e. The van der Waals surface area contributed by atoms with E-state index in [4.69, 9.17) is 48.7 Å². The first-order valence-electron chi connectivity index (χ1n) is 7.16. The fourth-order valence-electron chi connectivity index (χ4n) is 1.98. The summed E-state index contributed by atoms with van der Waals surface area (Å²) in [6.07, 6.45) is 0. The van der Waals surface area contributed by atoms with Crippen LogP contribution in [0.25, 0.3) is 0 Å². The highest BCUT2D eigenvalue weighted by atomic mass is 35.5. The molecular formula is C18H11Cl3O4. The van der Waals surface area contributed by atoms with Crippen LogP contribution in [0.4, 0.5) is 0 Å². The summed E-state index contributed by atoms with van der Waals surface area (Å²) in [6, 6.07) is 14.7. The van der Waals surface area contributed by atoms with E-state index < -0.39 is 5.97 Å². The Balaban J connectivity index is 1.64. The highest BCUT2D eigenvalue weighted by molar-refractivity contribution is 6.35. The Morgan fingerprint density at radius 1 is 0.920 bits per heavy atom. The van der Waals surface area contributed by atoms with E-state index in [2.05, 4.69) is 0 Å². The Bertz CT molecular complexity index is 905. The molecule has 0 amide bonds. The van der Waals surface area contributed by atoms with Gasteiger partial charge in [-0.3, -0.25) is 0 Å². The molecule has 0 spiro atoms. The molecule has 0 aliphatic heterocycles. The van der Waals surface area contributed by atoms with Crippen molar-refractivity contribution in [2.75, 3.05) is 0 Å². The normalized spacial score (nSPS) is 10.5. The number of esters is 1. The molecule has 0 aliphatic rings. The summed E-state index contributed by atoms with van der Waals surface area (Å²) in [4.78, 5) is 12.1. The molecule has 0 aliphatic carbocycles. The van der Waals surface area contributed by atoms with Crippen molar-refractivity contribution in [2.45, 2.75) is 6.61 Å². The number of carbonyl (C=O) groups excluding carboxylic acids is 1. The van der Waals surface area contributed by atoms with E-state index in [0.29, 0.717) is 26.6 Å². The third-order valence-corrected chi connectivity index (χ3v) is 4.01. The molecule has 1 aromatic heterocycles. The lowest BCUT2D eigenvalue weighted by Gasteiger charge is -2.06. The Labute approximate surface area is 158 Å². The summed E-state index contributed by atoms with van der Waals surface area (Å²) in [5.41, 5.74) is 0. The van der Waals surface area contributed by atoms with Gasteiger partial charge >= 0.3 is 5.97 Å². The van der Waals surface area contributed by atoms with Gasteiger partial charge in [0, 0.05) is 5.02 Å². The predicted molar refractivity (Wildman–Crippen MR) is 95.9 cm³/mol. The third-order valence-electron chi connectivity index (χ3n) is 3.17. The van der Waals surface area contributed by atoms with Crippen LogP contribution in [-0.2, 0) is 6.61 Å². The van der Waals surface area contributed by atoms with Crippen LogP contribution >= 0.6 is 34.8 Å². The smallest absolute Gasteiger partial charge is 0.379 e. The van der Waals surface area contributed by atoms with E-state index >= 15 is 0 Å². The topological polar surface area (TPSA) is 48.7 Å². The molecule has 4 nitrogen and oxygen atoms in total. The molecule has 0 fully saturated rings. The maximum atomic E-state index is 12.1. The van der Waals surface area contributed by atoms with Crippen LogP contribution in [0, 0.1) is 0 Å². The Kier molecular flexibility index (Phi) is 5.53. The van der Waals surface area contributed by atoms with Crippen LogP contribution < -0.4 is 9.47 Å². The van der Waals surface area contributed by atoms with Crippen molar-refractivity contribution in [1.82, 2.24) is 0 Å². The number of ether oxygens (including phenoxy) is 2. The maximum absolute atomic E-state index is 12.1. The van der Waals surface area contributed by atoms with Crippen molar-refractivity contribution in [3.63, 3.8) is 0 Å². The van der Waals surface area contributed by atoms with Crippen LogP contribution in [0.15, 0.2) is 59.0 Å². The number of carbonyl (C=O) groups is 1. The fraction of sp³-hybridized carbons (Fsp3) is 0.0556. The molecular weight excluding hydrogens is 387 g/mol. The van der Waals surface area contributed by atoms with Gasteiger partial charge in [0.2, 0.25) is 5.76 Å². The zero-order valence-corrected chi connectivity index (χ0v) is 14.9. The number of hydrogen-bond donors (Lipinski definition) is 0. The molecule has 1 heterocycles. The van der Waals surface area contributed by atoms with Crippen molar-refractivity contribution >= 4 is 40.8 Å². The Hall–Kier alpha value is -2.14. The van der Waals surface area contributed by atoms with Crippen molar-refractivity contribution in [3.8, 4) is 11.5 Å². The predicted octanol–water partition coefficient (Wildman–Crippen LogP) is 6.04. The molecule has 0 atom stereocenters. The first-order chi connectivity index (χ1) is 12.0. The molecule has 7 heteroatoms. The van der Waals surface area contributed by atoms with Crippen LogP contribution in [-0.4, -0.2) is 5.97 Å². The SMILES string of the molecule is O=C(Oc1ccccc1Cl)c1ccc(COc2ccc(Cl)cc2Cl)o1. The fourth-order valence-corrected chi connectivity index (χ4v) is 2.62. The molecule has 25 heavy (non-hydrogen) atoms. The molecule has 0 unspecified atom stereocenters. The van der Waals surface area contributed by atoms with E-state index in [9.17, 15) is 4.79 Å². The lowest BCUT2D eigenvalue weighted by atomic mass is 10.3. The molecule has 0 saturated heterocycles. The minimum absolute atomic E-state index is 0.0423. The van der Waals surface area contributed by atoms with Crippen LogP contribution in [0.1, 0.15) is 16.3 Å². The second-order valence-corrected chi connectivity index (χ2v) is 6.20. The highest BCUT2D eigenvalue weighted by Crippen LogP contribution is 2.28. The van der Waals surface area contributed by atoms with Crippen molar-refractivity contribution in [2.24, 2.45) is 0 Å². The first-order valence-corrected chi connectivity index (χ1v) is 8.29. The van der Waals surface area contributed by atoms with E-state index in [-0.39, 0.29) is 18.1 Å². The first kappa shape index (κ1) is 17.7. The Morgan fingerprint density at radius 3 is 2.48 bits per heavy atom. The van der Waals surface area contributed by atoms with Gasteiger partial charge in [-0.25, -0.2) is 4.79 Å². The summed E-state index contributed by atoms with van der Waals surface area (Å²) >= 11 is 17.8. The minimum Gasteiger partial charge on any atom is -0.484 e. The lowest BCUT2D eigenvalue weighted by molar-refractivity contribution is 0.0697. The van der Waals surface area contributed by atoms with Gasteiger partial charge in [-0.05, 0) is 42.5 Å². The largest absolute Gasteiger partial charge is 0.484 e. The van der Waals surface area contributed by atoms with Gasteiger partial charge in [0.25, 0.3) is 0 Å². The van der Waals surface area contributed by atoms with E-state index in [1.165, 1.54) is 6.07 Å². The monoisotopic (exact) mass is 396 g/mol. The molecule has 0 radical (unpaired) electrons. The second-order valence-electron chi connectivity index (χ2n) is 4.95. The summed E-state index contributed by atoms with van der Waals surface area (Å²) in [7, 11) is 0. The molecule has 128 valence electrons. The number of hydrogen-bond acceptors (Lipinski definition) is 4. The van der Waals surface area contributed by atoms with Gasteiger partial charge < -0.3 is 13.9 Å². The summed E-state index contributed by atoms with van der Waals surface area (Å²) in [5, 5.41) is 1.24. The van der Waals surface area contributed by atoms with Crippen LogP contribution in [0.3, 0.4) is 0 Å². The van der Waals surface area contributed by atoms with Crippen molar-refractivity contribution < 1.29 is 18.7 Å². The van der Waals surface area contributed by atoms with Gasteiger partial charge in [0.1, 0.15) is 23.9 Å². The number of benzene rings is 2. The van der Waals surface area contributed by atoms with Crippen molar-refractivity contribution in [1.29, 1.82) is 0 Å². The number of para-hydroxylation sites is 1. The zero-order valence-electron chi connectivity index (χ0n) is 12.7. The second kappa shape index (κ2) is 7.83. The average Bonchev–Trinajstić information content (AvgIpc) is 3.05. The van der Waals surface area contributed by atoms with Gasteiger partial charge in [-0.2, -0.15) is 0 Å². The summed E-state index contributed by atoms with van der Waals surface area (Å²) in [5.74, 6) is 0.556. The molecule has 3 aromatic rings. The number of furan rings is 1. The van der Waals surface area contributed by atoms with Crippen molar-refractivity contribution in [3.05, 3.63) is 81.2 Å². The van der Waals surface area contributed by atoms with E-state index in [0.717, 1.165) is 0 Å². The molecule has 2 aromatic carbocycles. The van der Waals surface area contributed by atoms with E-state index in [1.807, 2.05) is 0 Å². The van der Waals surface area contributed by atoms with E-state index in [1.54, 1.807) is 48.5 Å². The number of rotatable bonds is 5. The van der Waals surface area contributed by atoms with Gasteiger partial charge in [-0.15, -0.1) is 0 Å². The number of halogens is 3. The third kappa shape index (κ3) is 4.48. The molecule has 0 bridgehead atoms. The van der Waals surface area contributed by atoms with Gasteiger partial charge in [0.15, 0.2) is 0 Å². The van der Waals surface area contributed by atoms with Crippen LogP contribution in [0.5, 0.6) is 11.5 Å². The quantitative estimate of drug-likeness (QED) is 0.389. The summed E-state index contributed by atoms with van der Waals surface area (Å²) < 4.78 is 16.2. The Morgan fingerprint density at radius 2 is 1.72 bits per heavy atom. The zero-order chi connectivity index (χ0) is 17.8. The van der Waals surface area contributed by atoms with Crippen LogP contribution in [0.2, 0.25) is 15.1 Å². The summed E-state index contributed by atoms with van der Waals surface area (Å²) in [6.45, 7) is 0.0979. The standard InChI is InChI=1S/C18H11Cl3O4/c19-11-5-7-15(14(21)9-11)23-10-12-6-8-17(24-12)18(22)25-16-4-2-1-3-13(16)20/h1-9H,10H2. The van der Waals surface area contributed by atoms with Gasteiger partial charge in [0.05, 0.1) is 10.0 Å². The molecule has 0 N–H and O–H groups in total. The average molecular weight is 398 g/mol. The molecule has 3 rings (SSSR count). The minimum atomic E-state index is -0.649. The molecule has 0 saturated carbocycles. The highest BCUT2D eigenvalue weighted by Gasteiger charge is 2.15. The van der Waals surface area contributed by atoms with Gasteiger partial charge in [-0.1, -0.05) is 46.9 Å².